The third-order valence-corrected chi connectivity index (χ3v) is 7.18. The van der Waals surface area contributed by atoms with Crippen molar-refractivity contribution in [1.29, 1.82) is 0 Å². The van der Waals surface area contributed by atoms with Crippen molar-refractivity contribution in [3.8, 4) is 28.7 Å². The SMILES string of the molecule is COc1cc2c(cc1OC)C1C(CO2)Oc2c(ccc3c2C[C@H](/C(C)=C/I)O3)[C@H]1O. The van der Waals surface area contributed by atoms with Crippen LogP contribution >= 0.6 is 22.6 Å². The minimum absolute atomic E-state index is 0.00178. The van der Waals surface area contributed by atoms with Crippen LogP contribution in [-0.2, 0) is 6.42 Å². The van der Waals surface area contributed by atoms with E-state index >= 15 is 0 Å². The van der Waals surface area contributed by atoms with E-state index in [1.54, 1.807) is 14.2 Å². The summed E-state index contributed by atoms with van der Waals surface area (Å²) in [7, 11) is 3.19. The maximum absolute atomic E-state index is 11.4. The molecule has 158 valence electrons. The molecule has 4 atom stereocenters. The first-order chi connectivity index (χ1) is 14.5. The lowest BCUT2D eigenvalue weighted by Gasteiger charge is -2.41. The van der Waals surface area contributed by atoms with Crippen LogP contribution in [0.4, 0.5) is 0 Å². The Labute approximate surface area is 188 Å². The Morgan fingerprint density at radius 2 is 1.87 bits per heavy atom. The van der Waals surface area contributed by atoms with Crippen molar-refractivity contribution in [3.05, 3.63) is 50.6 Å². The van der Waals surface area contributed by atoms with Crippen LogP contribution in [0.3, 0.4) is 0 Å². The first kappa shape index (κ1) is 19.8. The molecule has 0 saturated carbocycles. The summed E-state index contributed by atoms with van der Waals surface area (Å²) in [4.78, 5) is 0. The molecular formula is C23H23IO6. The molecule has 0 bridgehead atoms. The van der Waals surface area contributed by atoms with Crippen molar-refractivity contribution >= 4 is 22.6 Å². The maximum atomic E-state index is 11.4. The molecule has 3 heterocycles. The molecule has 2 unspecified atom stereocenters. The van der Waals surface area contributed by atoms with E-state index in [-0.39, 0.29) is 18.1 Å². The van der Waals surface area contributed by atoms with Crippen LogP contribution in [0.2, 0.25) is 0 Å². The third kappa shape index (κ3) is 2.93. The molecule has 1 N–H and O–H groups in total. The molecule has 0 aliphatic carbocycles. The van der Waals surface area contributed by atoms with E-state index < -0.39 is 6.10 Å². The second-order valence-corrected chi connectivity index (χ2v) is 8.43. The summed E-state index contributed by atoms with van der Waals surface area (Å²) in [5, 5.41) is 11.4. The lowest BCUT2D eigenvalue weighted by atomic mass is 9.80. The molecule has 0 amide bonds. The van der Waals surface area contributed by atoms with Crippen molar-refractivity contribution in [2.24, 2.45) is 0 Å². The molecular weight excluding hydrogens is 499 g/mol. The van der Waals surface area contributed by atoms with E-state index in [0.29, 0.717) is 23.9 Å². The molecule has 30 heavy (non-hydrogen) atoms. The molecule has 2 aromatic carbocycles. The van der Waals surface area contributed by atoms with Gasteiger partial charge in [-0.2, -0.15) is 0 Å². The van der Waals surface area contributed by atoms with Crippen LogP contribution in [0, 0.1) is 0 Å². The van der Waals surface area contributed by atoms with E-state index in [2.05, 4.69) is 29.5 Å². The standard InChI is InChI=1S/C23H23IO6/c1-11(9-24)16-7-14-15(29-16)5-4-12-22(25)21-13-6-18(26-2)19(27-3)8-17(13)28-10-20(21)30-23(12)14/h4-6,8-9,16,20-22,25H,7,10H2,1-3H3/b11-9+/t16-,20?,21?,22-/m1/s1. The summed E-state index contributed by atoms with van der Waals surface area (Å²) in [5.41, 5.74) is 3.84. The molecule has 0 fully saturated rings. The molecule has 0 saturated heterocycles. The minimum atomic E-state index is -0.718. The van der Waals surface area contributed by atoms with Crippen molar-refractivity contribution in [2.75, 3.05) is 20.8 Å². The molecule has 6 nitrogen and oxygen atoms in total. The quantitative estimate of drug-likeness (QED) is 0.607. The van der Waals surface area contributed by atoms with Crippen LogP contribution in [0.15, 0.2) is 33.9 Å². The average molecular weight is 522 g/mol. The highest BCUT2D eigenvalue weighted by Crippen LogP contribution is 2.53. The summed E-state index contributed by atoms with van der Waals surface area (Å²) >= 11 is 2.24. The van der Waals surface area contributed by atoms with Crippen LogP contribution in [0.25, 0.3) is 0 Å². The highest BCUT2D eigenvalue weighted by Gasteiger charge is 2.45. The highest BCUT2D eigenvalue weighted by molar-refractivity contribution is 14.1. The lowest BCUT2D eigenvalue weighted by molar-refractivity contribution is 0.000791. The number of ether oxygens (including phenoxy) is 5. The first-order valence-electron chi connectivity index (χ1n) is 9.88. The Morgan fingerprint density at radius 3 is 2.60 bits per heavy atom. The summed E-state index contributed by atoms with van der Waals surface area (Å²) in [6.07, 6.45) is -0.284. The van der Waals surface area contributed by atoms with Crippen molar-refractivity contribution in [3.63, 3.8) is 0 Å². The predicted octanol–water partition coefficient (Wildman–Crippen LogP) is 4.32. The Hall–Kier alpha value is -2.13. The van der Waals surface area contributed by atoms with E-state index in [1.807, 2.05) is 28.3 Å². The Kier molecular flexibility index (Phi) is 4.97. The average Bonchev–Trinajstić information content (AvgIpc) is 3.22. The van der Waals surface area contributed by atoms with Gasteiger partial charge in [0.05, 0.1) is 26.2 Å². The number of methoxy groups -OCH3 is 2. The number of rotatable bonds is 3. The zero-order valence-corrected chi connectivity index (χ0v) is 19.1. The maximum Gasteiger partial charge on any atom is 0.164 e. The Morgan fingerprint density at radius 1 is 1.10 bits per heavy atom. The van der Waals surface area contributed by atoms with Crippen LogP contribution in [0.5, 0.6) is 28.7 Å². The number of halogens is 1. The van der Waals surface area contributed by atoms with Gasteiger partial charge < -0.3 is 28.8 Å². The van der Waals surface area contributed by atoms with Gasteiger partial charge in [-0.3, -0.25) is 0 Å². The molecule has 7 heteroatoms. The van der Waals surface area contributed by atoms with Crippen molar-refractivity contribution in [2.45, 2.75) is 37.6 Å². The normalized spacial score (nSPS) is 26.2. The van der Waals surface area contributed by atoms with Gasteiger partial charge in [0.25, 0.3) is 0 Å². The van der Waals surface area contributed by atoms with Gasteiger partial charge in [0.2, 0.25) is 0 Å². The number of fused-ring (bicyclic) bond motifs is 6. The number of aliphatic hydroxyl groups is 1. The third-order valence-electron chi connectivity index (χ3n) is 6.19. The second kappa shape index (κ2) is 7.53. The summed E-state index contributed by atoms with van der Waals surface area (Å²) in [6, 6.07) is 7.54. The topological polar surface area (TPSA) is 66.4 Å². The molecule has 0 aromatic heterocycles. The van der Waals surface area contributed by atoms with Gasteiger partial charge in [0, 0.05) is 29.2 Å². The van der Waals surface area contributed by atoms with Gasteiger partial charge in [-0.1, -0.05) is 22.6 Å². The second-order valence-electron chi connectivity index (χ2n) is 7.81. The number of aliphatic hydroxyl groups excluding tert-OH is 1. The Balaban J connectivity index is 1.55. The van der Waals surface area contributed by atoms with Gasteiger partial charge >= 0.3 is 0 Å². The van der Waals surface area contributed by atoms with Crippen molar-refractivity contribution in [1.82, 2.24) is 0 Å². The molecule has 3 aliphatic heterocycles. The van der Waals surface area contributed by atoms with Crippen LogP contribution in [-0.4, -0.2) is 38.1 Å². The van der Waals surface area contributed by atoms with E-state index in [9.17, 15) is 5.11 Å². The molecule has 3 aliphatic rings. The monoisotopic (exact) mass is 522 g/mol. The zero-order chi connectivity index (χ0) is 21.0. The van der Waals surface area contributed by atoms with Crippen LogP contribution in [0.1, 0.15) is 35.6 Å². The van der Waals surface area contributed by atoms with Gasteiger partial charge in [0.15, 0.2) is 11.5 Å². The fraction of sp³-hybridized carbons (Fsp3) is 0.391. The van der Waals surface area contributed by atoms with Gasteiger partial charge in [-0.25, -0.2) is 0 Å². The Bertz CT molecular complexity index is 1030. The van der Waals surface area contributed by atoms with E-state index in [1.165, 1.54) is 5.57 Å². The van der Waals surface area contributed by atoms with E-state index in [4.69, 9.17) is 23.7 Å². The van der Waals surface area contributed by atoms with Crippen molar-refractivity contribution < 1.29 is 28.8 Å². The fourth-order valence-corrected chi connectivity index (χ4v) is 4.97. The first-order valence-corrected chi connectivity index (χ1v) is 11.1. The fourth-order valence-electron chi connectivity index (χ4n) is 4.57. The number of benzene rings is 2. The lowest BCUT2D eigenvalue weighted by Crippen LogP contribution is -2.42. The van der Waals surface area contributed by atoms with Gasteiger partial charge in [0.1, 0.15) is 36.1 Å². The van der Waals surface area contributed by atoms with E-state index in [0.717, 1.165) is 34.6 Å². The molecule has 5 rings (SSSR count). The summed E-state index contributed by atoms with van der Waals surface area (Å²) in [6.45, 7) is 2.42. The largest absolute Gasteiger partial charge is 0.493 e. The van der Waals surface area contributed by atoms with Crippen LogP contribution < -0.4 is 23.7 Å². The smallest absolute Gasteiger partial charge is 0.164 e. The molecule has 2 aromatic rings. The van der Waals surface area contributed by atoms with Gasteiger partial charge in [-0.05, 0) is 34.8 Å². The predicted molar refractivity (Wildman–Crippen MR) is 119 cm³/mol. The summed E-state index contributed by atoms with van der Waals surface area (Å²) in [5.74, 6) is 3.19. The highest BCUT2D eigenvalue weighted by atomic mass is 127. The van der Waals surface area contributed by atoms with Gasteiger partial charge in [-0.15, -0.1) is 0 Å². The number of hydrogen-bond acceptors (Lipinski definition) is 6. The molecule has 0 spiro atoms. The summed E-state index contributed by atoms with van der Waals surface area (Å²) < 4.78 is 31.4. The minimum Gasteiger partial charge on any atom is -0.493 e. The molecule has 0 radical (unpaired) electrons. The number of hydrogen-bond donors (Lipinski definition) is 1. The zero-order valence-electron chi connectivity index (χ0n) is 17.0.